The molecule has 73 valence electrons. The molecule has 0 aromatic heterocycles. The molecule has 1 radical (unpaired) electrons. The minimum atomic E-state index is 0. The summed E-state index contributed by atoms with van der Waals surface area (Å²) in [7, 11) is 0. The molecule has 15 heavy (non-hydrogen) atoms. The quantitative estimate of drug-likeness (QED) is 0.686. The number of nitrogens with zero attached hydrogens (tertiary/aromatic N) is 1. The number of hydrogen-bond donors (Lipinski definition) is 0. The molecule has 1 aliphatic rings. The summed E-state index contributed by atoms with van der Waals surface area (Å²) in [6.45, 7) is 0. The van der Waals surface area contributed by atoms with E-state index >= 15 is 0 Å². The maximum absolute atomic E-state index is 10.8. The van der Waals surface area contributed by atoms with Gasteiger partial charge in [-0.2, -0.15) is 0 Å². The van der Waals surface area contributed by atoms with Crippen molar-refractivity contribution >= 4 is 17.2 Å². The van der Waals surface area contributed by atoms with Crippen molar-refractivity contribution in [2.24, 2.45) is 4.99 Å². The average Bonchev–Trinajstić information content (AvgIpc) is 2.23. The van der Waals surface area contributed by atoms with Crippen molar-refractivity contribution in [2.45, 2.75) is 0 Å². The van der Waals surface area contributed by atoms with Gasteiger partial charge in [-0.15, -0.1) is 0 Å². The summed E-state index contributed by atoms with van der Waals surface area (Å²) >= 11 is 0. The van der Waals surface area contributed by atoms with Gasteiger partial charge in [0.15, 0.2) is 5.78 Å². The number of carbonyl (C=O) groups is 1. The molecule has 0 fully saturated rings. The van der Waals surface area contributed by atoms with Crippen LogP contribution in [-0.2, 0) is 23.4 Å². The molecule has 1 aromatic rings. The Morgan fingerprint density at radius 2 is 1.47 bits per heavy atom. The van der Waals surface area contributed by atoms with Crippen LogP contribution in [0.5, 0.6) is 0 Å². The Hall–Kier alpha value is -1.38. The molecular formula is C12H9NOV. The fraction of sp³-hybridized carbons (Fsp3) is 0. The zero-order chi connectivity index (χ0) is 9.80. The van der Waals surface area contributed by atoms with E-state index in [4.69, 9.17) is 0 Å². The average molecular weight is 234 g/mol. The van der Waals surface area contributed by atoms with Crippen molar-refractivity contribution in [3.05, 3.63) is 54.6 Å². The zero-order valence-electron chi connectivity index (χ0n) is 8.00. The van der Waals surface area contributed by atoms with Crippen LogP contribution in [0.15, 0.2) is 59.6 Å². The van der Waals surface area contributed by atoms with E-state index in [0.29, 0.717) is 0 Å². The van der Waals surface area contributed by atoms with Gasteiger partial charge in [-0.1, -0.05) is 18.2 Å². The summed E-state index contributed by atoms with van der Waals surface area (Å²) in [6, 6.07) is 9.65. The number of para-hydroxylation sites is 1. The number of ketones is 1. The van der Waals surface area contributed by atoms with Crippen molar-refractivity contribution in [3.8, 4) is 0 Å². The van der Waals surface area contributed by atoms with Crippen molar-refractivity contribution in [2.75, 3.05) is 0 Å². The second kappa shape index (κ2) is 5.49. The molecule has 1 aromatic carbocycles. The van der Waals surface area contributed by atoms with Gasteiger partial charge in [-0.25, -0.2) is 4.99 Å². The third-order valence-electron chi connectivity index (χ3n) is 1.85. The molecule has 0 amide bonds. The van der Waals surface area contributed by atoms with Crippen molar-refractivity contribution in [1.29, 1.82) is 0 Å². The maximum atomic E-state index is 10.8. The Morgan fingerprint density at radius 3 is 2.07 bits per heavy atom. The van der Waals surface area contributed by atoms with Gasteiger partial charge in [0.05, 0.1) is 11.4 Å². The zero-order valence-corrected chi connectivity index (χ0v) is 9.40. The molecule has 0 bridgehead atoms. The Kier molecular flexibility index (Phi) is 4.28. The first kappa shape index (κ1) is 11.7. The molecule has 2 nitrogen and oxygen atoms in total. The van der Waals surface area contributed by atoms with Gasteiger partial charge >= 0.3 is 0 Å². The van der Waals surface area contributed by atoms with Crippen LogP contribution in [0.25, 0.3) is 0 Å². The van der Waals surface area contributed by atoms with E-state index < -0.39 is 0 Å². The van der Waals surface area contributed by atoms with E-state index in [0.717, 1.165) is 11.4 Å². The van der Waals surface area contributed by atoms with Crippen LogP contribution < -0.4 is 0 Å². The Morgan fingerprint density at radius 1 is 0.867 bits per heavy atom. The normalized spacial score (nSPS) is 13.6. The third kappa shape index (κ3) is 3.35. The number of carbonyl (C=O) groups excluding carboxylic acids is 1. The largest absolute Gasteiger partial charge is 0.290 e. The van der Waals surface area contributed by atoms with E-state index in [1.54, 1.807) is 12.2 Å². The second-order valence-electron chi connectivity index (χ2n) is 2.94. The van der Waals surface area contributed by atoms with E-state index in [1.807, 2.05) is 30.3 Å². The molecule has 1 aliphatic carbocycles. The Balaban J connectivity index is 0.00000112. The monoisotopic (exact) mass is 234 g/mol. The van der Waals surface area contributed by atoms with Crippen molar-refractivity contribution < 1.29 is 23.4 Å². The topological polar surface area (TPSA) is 29.4 Å². The molecule has 0 saturated carbocycles. The Bertz CT molecular complexity index is 414. The third-order valence-corrected chi connectivity index (χ3v) is 1.85. The summed E-state index contributed by atoms with van der Waals surface area (Å²) in [4.78, 5) is 15.2. The second-order valence-corrected chi connectivity index (χ2v) is 2.94. The van der Waals surface area contributed by atoms with Crippen LogP contribution in [0.2, 0.25) is 0 Å². The molecule has 0 saturated heterocycles. The van der Waals surface area contributed by atoms with Crippen LogP contribution in [0.4, 0.5) is 5.69 Å². The molecule has 0 unspecified atom stereocenters. The molecule has 0 N–H and O–H groups in total. The van der Waals surface area contributed by atoms with Gasteiger partial charge in [-0.05, 0) is 36.4 Å². The number of allylic oxidation sites excluding steroid dienone is 4. The van der Waals surface area contributed by atoms with E-state index in [1.165, 1.54) is 12.2 Å². The molecule has 0 aliphatic heterocycles. The minimum absolute atomic E-state index is 0. The van der Waals surface area contributed by atoms with Gasteiger partial charge in [0.1, 0.15) is 0 Å². The Labute approximate surface area is 100 Å². The molecular weight excluding hydrogens is 225 g/mol. The number of rotatable bonds is 1. The van der Waals surface area contributed by atoms with E-state index in [9.17, 15) is 4.79 Å². The molecule has 2 rings (SSSR count). The fourth-order valence-electron chi connectivity index (χ4n) is 1.17. The smallest absolute Gasteiger partial charge is 0.178 e. The SMILES string of the molecule is O=C1C=CC(=Nc2ccccc2)C=C1.[V]. The first-order valence-corrected chi connectivity index (χ1v) is 4.38. The molecule has 3 heteroatoms. The van der Waals surface area contributed by atoms with Crippen LogP contribution in [-0.4, -0.2) is 11.5 Å². The minimum Gasteiger partial charge on any atom is -0.290 e. The van der Waals surface area contributed by atoms with Crippen molar-refractivity contribution in [3.63, 3.8) is 0 Å². The van der Waals surface area contributed by atoms with Crippen molar-refractivity contribution in [1.82, 2.24) is 0 Å². The number of benzene rings is 1. The summed E-state index contributed by atoms with van der Waals surface area (Å²) in [6.07, 6.45) is 6.47. The summed E-state index contributed by atoms with van der Waals surface area (Å²) in [5.41, 5.74) is 1.70. The van der Waals surface area contributed by atoms with Gasteiger partial charge < -0.3 is 0 Å². The molecule has 0 heterocycles. The summed E-state index contributed by atoms with van der Waals surface area (Å²) in [5, 5.41) is 0. The van der Waals surface area contributed by atoms with Gasteiger partial charge in [0.2, 0.25) is 0 Å². The first-order valence-electron chi connectivity index (χ1n) is 4.38. The van der Waals surface area contributed by atoms with Crippen LogP contribution in [0.3, 0.4) is 0 Å². The molecule has 0 atom stereocenters. The van der Waals surface area contributed by atoms with Gasteiger partial charge in [-0.3, -0.25) is 4.79 Å². The van der Waals surface area contributed by atoms with Crippen LogP contribution in [0.1, 0.15) is 0 Å². The van der Waals surface area contributed by atoms with E-state index in [2.05, 4.69) is 4.99 Å². The standard InChI is InChI=1S/C12H9NO.V/c14-12-8-6-11(7-9-12)13-10-4-2-1-3-5-10;/h1-9H;. The predicted octanol–water partition coefficient (Wildman–Crippen LogP) is 2.45. The van der Waals surface area contributed by atoms with Crippen LogP contribution in [0, 0.1) is 0 Å². The van der Waals surface area contributed by atoms with Crippen LogP contribution >= 0.6 is 0 Å². The summed E-state index contributed by atoms with van der Waals surface area (Å²) < 4.78 is 0. The van der Waals surface area contributed by atoms with E-state index in [-0.39, 0.29) is 24.3 Å². The van der Waals surface area contributed by atoms with Gasteiger partial charge in [0.25, 0.3) is 0 Å². The first-order chi connectivity index (χ1) is 6.84. The maximum Gasteiger partial charge on any atom is 0.178 e. The molecule has 0 spiro atoms. The fourth-order valence-corrected chi connectivity index (χ4v) is 1.17. The number of aliphatic imine (C=N–C) groups is 1. The predicted molar refractivity (Wildman–Crippen MR) is 56.8 cm³/mol. The van der Waals surface area contributed by atoms with Gasteiger partial charge in [0, 0.05) is 18.6 Å². The number of hydrogen-bond acceptors (Lipinski definition) is 2. The summed E-state index contributed by atoms with van der Waals surface area (Å²) in [5.74, 6) is 0.0111.